The summed E-state index contributed by atoms with van der Waals surface area (Å²) in [5, 5.41) is 0. The van der Waals surface area contributed by atoms with E-state index in [1.165, 1.54) is 6.33 Å². The minimum Gasteiger partial charge on any atom is -0.336 e. The standard InChI is InChI=1S/C16H17N3O2/c1-11(12-5-3-2-4-6-12)16(21)19-8-7-13-14(9-19)17-10-18-15(13)20/h2-6,10-11H,7-9H2,1H3,(H,17,18,20). The average Bonchev–Trinajstić information content (AvgIpc) is 2.54. The highest BCUT2D eigenvalue weighted by Crippen LogP contribution is 2.21. The summed E-state index contributed by atoms with van der Waals surface area (Å²) in [4.78, 5) is 32.9. The van der Waals surface area contributed by atoms with E-state index in [0.717, 1.165) is 5.56 Å². The summed E-state index contributed by atoms with van der Waals surface area (Å²) in [7, 11) is 0. The Bertz CT molecular complexity index is 709. The first kappa shape index (κ1) is 13.5. The molecule has 3 rings (SSSR count). The van der Waals surface area contributed by atoms with Gasteiger partial charge in [-0.05, 0) is 18.9 Å². The number of hydrogen-bond donors (Lipinski definition) is 1. The van der Waals surface area contributed by atoms with Gasteiger partial charge in [0.15, 0.2) is 0 Å². The Balaban J connectivity index is 1.80. The highest BCUT2D eigenvalue weighted by atomic mass is 16.2. The molecule has 1 aliphatic heterocycles. The number of fused-ring (bicyclic) bond motifs is 1. The van der Waals surface area contributed by atoms with Crippen LogP contribution in [0.25, 0.3) is 0 Å². The molecule has 0 bridgehead atoms. The fourth-order valence-corrected chi connectivity index (χ4v) is 2.71. The lowest BCUT2D eigenvalue weighted by atomic mass is 9.98. The predicted octanol–water partition coefficient (Wildman–Crippen LogP) is 1.46. The van der Waals surface area contributed by atoms with Gasteiger partial charge in [-0.3, -0.25) is 9.59 Å². The van der Waals surface area contributed by atoms with Crippen LogP contribution in [0.4, 0.5) is 0 Å². The third-order valence-corrected chi connectivity index (χ3v) is 3.99. The number of nitrogens with zero attached hydrogens (tertiary/aromatic N) is 2. The molecule has 1 N–H and O–H groups in total. The van der Waals surface area contributed by atoms with Crippen LogP contribution < -0.4 is 5.56 Å². The molecule has 1 aliphatic rings. The molecular formula is C16H17N3O2. The molecule has 2 heterocycles. The fourth-order valence-electron chi connectivity index (χ4n) is 2.71. The van der Waals surface area contributed by atoms with E-state index < -0.39 is 0 Å². The maximum absolute atomic E-state index is 12.6. The van der Waals surface area contributed by atoms with E-state index in [4.69, 9.17) is 0 Å². The number of carbonyl (C=O) groups excluding carboxylic acids is 1. The lowest BCUT2D eigenvalue weighted by molar-refractivity contribution is -0.133. The molecule has 0 saturated heterocycles. The second-order valence-electron chi connectivity index (χ2n) is 5.30. The van der Waals surface area contributed by atoms with Gasteiger partial charge in [-0.1, -0.05) is 30.3 Å². The Morgan fingerprint density at radius 2 is 2.10 bits per heavy atom. The zero-order valence-electron chi connectivity index (χ0n) is 11.9. The number of H-pyrrole nitrogens is 1. The van der Waals surface area contributed by atoms with Gasteiger partial charge in [-0.25, -0.2) is 4.98 Å². The SMILES string of the molecule is CC(C(=O)N1CCc2c(nc[nH]c2=O)C1)c1ccccc1. The number of benzene rings is 1. The first-order valence-electron chi connectivity index (χ1n) is 7.06. The van der Waals surface area contributed by atoms with Gasteiger partial charge in [0.1, 0.15) is 0 Å². The molecule has 0 fully saturated rings. The van der Waals surface area contributed by atoms with E-state index >= 15 is 0 Å². The summed E-state index contributed by atoms with van der Waals surface area (Å²) < 4.78 is 0. The third-order valence-electron chi connectivity index (χ3n) is 3.99. The Labute approximate surface area is 122 Å². The Morgan fingerprint density at radius 3 is 2.86 bits per heavy atom. The van der Waals surface area contributed by atoms with Crippen LogP contribution in [0, 0.1) is 0 Å². The minimum atomic E-state index is -0.185. The maximum atomic E-state index is 12.6. The molecule has 0 spiro atoms. The number of carbonyl (C=O) groups is 1. The van der Waals surface area contributed by atoms with Gasteiger partial charge in [-0.15, -0.1) is 0 Å². The highest BCUT2D eigenvalue weighted by molar-refractivity contribution is 5.83. The van der Waals surface area contributed by atoms with Crippen LogP contribution in [-0.4, -0.2) is 27.3 Å². The lowest BCUT2D eigenvalue weighted by Gasteiger charge is -2.29. The van der Waals surface area contributed by atoms with Crippen LogP contribution in [0.2, 0.25) is 0 Å². The van der Waals surface area contributed by atoms with Crippen molar-refractivity contribution < 1.29 is 4.79 Å². The van der Waals surface area contributed by atoms with Crippen LogP contribution in [0.5, 0.6) is 0 Å². The van der Waals surface area contributed by atoms with E-state index in [9.17, 15) is 9.59 Å². The van der Waals surface area contributed by atoms with E-state index in [1.54, 1.807) is 4.90 Å². The molecule has 1 aromatic heterocycles. The van der Waals surface area contributed by atoms with Crippen molar-refractivity contribution in [3.8, 4) is 0 Å². The van der Waals surface area contributed by atoms with Crippen molar-refractivity contribution in [1.82, 2.24) is 14.9 Å². The first-order chi connectivity index (χ1) is 10.2. The third kappa shape index (κ3) is 2.59. The van der Waals surface area contributed by atoms with Crippen molar-refractivity contribution in [3.05, 3.63) is 63.8 Å². The monoisotopic (exact) mass is 283 g/mol. The molecule has 0 aliphatic carbocycles. The largest absolute Gasteiger partial charge is 0.336 e. The Morgan fingerprint density at radius 1 is 1.33 bits per heavy atom. The summed E-state index contributed by atoms with van der Waals surface area (Å²) in [5.41, 5.74) is 2.32. The summed E-state index contributed by atoms with van der Waals surface area (Å²) in [6, 6.07) is 9.73. The topological polar surface area (TPSA) is 66.1 Å². The fraction of sp³-hybridized carbons (Fsp3) is 0.312. The molecule has 5 heteroatoms. The number of aromatic nitrogens is 2. The van der Waals surface area contributed by atoms with Gasteiger partial charge in [0.05, 0.1) is 24.5 Å². The van der Waals surface area contributed by atoms with E-state index in [0.29, 0.717) is 30.8 Å². The minimum absolute atomic E-state index is 0.0777. The van der Waals surface area contributed by atoms with E-state index in [-0.39, 0.29) is 17.4 Å². The number of rotatable bonds is 2. The van der Waals surface area contributed by atoms with Gasteiger partial charge in [0, 0.05) is 12.1 Å². The second kappa shape index (κ2) is 5.52. The van der Waals surface area contributed by atoms with E-state index in [1.807, 2.05) is 37.3 Å². The summed E-state index contributed by atoms with van der Waals surface area (Å²) in [5.74, 6) is -0.108. The molecule has 21 heavy (non-hydrogen) atoms. The van der Waals surface area contributed by atoms with Crippen molar-refractivity contribution in [2.75, 3.05) is 6.54 Å². The number of aromatic amines is 1. The van der Waals surface area contributed by atoms with Gasteiger partial charge >= 0.3 is 0 Å². The van der Waals surface area contributed by atoms with Gasteiger partial charge in [0.2, 0.25) is 5.91 Å². The van der Waals surface area contributed by atoms with Crippen LogP contribution in [0.15, 0.2) is 41.5 Å². The van der Waals surface area contributed by atoms with Gasteiger partial charge < -0.3 is 9.88 Å². The molecule has 108 valence electrons. The van der Waals surface area contributed by atoms with Crippen molar-refractivity contribution in [2.24, 2.45) is 0 Å². The lowest BCUT2D eigenvalue weighted by Crippen LogP contribution is -2.40. The van der Waals surface area contributed by atoms with Crippen LogP contribution in [-0.2, 0) is 17.8 Å². The number of amides is 1. The van der Waals surface area contributed by atoms with Crippen molar-refractivity contribution in [3.63, 3.8) is 0 Å². The first-order valence-corrected chi connectivity index (χ1v) is 7.06. The molecule has 1 aromatic carbocycles. The highest BCUT2D eigenvalue weighted by Gasteiger charge is 2.27. The maximum Gasteiger partial charge on any atom is 0.254 e. The second-order valence-corrected chi connectivity index (χ2v) is 5.30. The molecular weight excluding hydrogens is 266 g/mol. The normalized spacial score (nSPS) is 15.4. The van der Waals surface area contributed by atoms with E-state index in [2.05, 4.69) is 9.97 Å². The molecule has 1 amide bonds. The number of nitrogens with one attached hydrogen (secondary N) is 1. The van der Waals surface area contributed by atoms with Gasteiger partial charge in [0.25, 0.3) is 5.56 Å². The quantitative estimate of drug-likeness (QED) is 0.907. The predicted molar refractivity (Wildman–Crippen MR) is 78.8 cm³/mol. The van der Waals surface area contributed by atoms with Gasteiger partial charge in [-0.2, -0.15) is 0 Å². The molecule has 5 nitrogen and oxygen atoms in total. The summed E-state index contributed by atoms with van der Waals surface area (Å²) in [6.45, 7) is 2.89. The van der Waals surface area contributed by atoms with Crippen molar-refractivity contribution in [1.29, 1.82) is 0 Å². The molecule has 0 saturated carbocycles. The Hall–Kier alpha value is -2.43. The average molecular weight is 283 g/mol. The smallest absolute Gasteiger partial charge is 0.254 e. The van der Waals surface area contributed by atoms with Crippen molar-refractivity contribution >= 4 is 5.91 Å². The summed E-state index contributed by atoms with van der Waals surface area (Å²) >= 11 is 0. The van der Waals surface area contributed by atoms with Crippen LogP contribution >= 0.6 is 0 Å². The molecule has 1 atom stereocenters. The molecule has 2 aromatic rings. The van der Waals surface area contributed by atoms with Crippen LogP contribution in [0.3, 0.4) is 0 Å². The molecule has 0 radical (unpaired) electrons. The summed E-state index contributed by atoms with van der Waals surface area (Å²) in [6.07, 6.45) is 1.96. The Kier molecular flexibility index (Phi) is 3.56. The van der Waals surface area contributed by atoms with Crippen molar-refractivity contribution in [2.45, 2.75) is 25.8 Å². The number of hydrogen-bond acceptors (Lipinski definition) is 3. The molecule has 1 unspecified atom stereocenters. The zero-order chi connectivity index (χ0) is 14.8. The van der Waals surface area contributed by atoms with Crippen LogP contribution in [0.1, 0.15) is 29.7 Å². The zero-order valence-corrected chi connectivity index (χ0v) is 11.9.